The zero-order valence-electron chi connectivity index (χ0n) is 12.0. The molecule has 0 spiro atoms. The minimum atomic E-state index is -0.195. The van der Waals surface area contributed by atoms with Gasteiger partial charge in [-0.05, 0) is 24.6 Å². The Morgan fingerprint density at radius 3 is 2.67 bits per heavy atom. The van der Waals surface area contributed by atoms with Crippen LogP contribution in [0.15, 0.2) is 48.8 Å². The molecule has 0 aliphatic heterocycles. The molecule has 0 radical (unpaired) electrons. The Morgan fingerprint density at radius 2 is 1.86 bits per heavy atom. The molecule has 3 aromatic rings. The number of aromatic nitrogens is 2. The minimum Gasteiger partial charge on any atom is -0.355 e. The van der Waals surface area contributed by atoms with E-state index in [0.717, 1.165) is 22.3 Å². The van der Waals surface area contributed by atoms with Crippen molar-refractivity contribution in [1.29, 1.82) is 0 Å². The maximum atomic E-state index is 13.8. The van der Waals surface area contributed by atoms with E-state index in [9.17, 15) is 4.39 Å². The number of aryl methyl sites for hydroxylation is 1. The number of anilines is 1. The van der Waals surface area contributed by atoms with Crippen molar-refractivity contribution in [3.05, 3.63) is 65.7 Å². The largest absolute Gasteiger partial charge is 0.355 e. The molecule has 0 atom stereocenters. The van der Waals surface area contributed by atoms with Crippen LogP contribution in [0.5, 0.6) is 0 Å². The van der Waals surface area contributed by atoms with Crippen molar-refractivity contribution in [1.82, 2.24) is 9.97 Å². The summed E-state index contributed by atoms with van der Waals surface area (Å²) in [4.78, 5) is 10.6. The van der Waals surface area contributed by atoms with Crippen LogP contribution in [-0.4, -0.2) is 17.0 Å². The molecule has 2 aromatic carbocycles. The Hall–Kier alpha value is -2.49. The van der Waals surface area contributed by atoms with Crippen molar-refractivity contribution in [3.8, 4) is 0 Å². The zero-order chi connectivity index (χ0) is 14.8. The summed E-state index contributed by atoms with van der Waals surface area (Å²) in [6, 6.07) is 12.8. The number of nitrogens with zero attached hydrogens (tertiary/aromatic N) is 3. The number of hydrogen-bond acceptors (Lipinski definition) is 3. The average molecular weight is 281 g/mol. The highest BCUT2D eigenvalue weighted by molar-refractivity contribution is 5.92. The fourth-order valence-corrected chi connectivity index (χ4v) is 2.51. The Bertz CT molecular complexity index is 781. The molecule has 0 bridgehead atoms. The fraction of sp³-hybridized carbons (Fsp3) is 0.176. The summed E-state index contributed by atoms with van der Waals surface area (Å²) in [6.45, 7) is 2.50. The standard InChI is InChI=1S/C17H16FN3/c1-12-6-5-9-15-16(12)17(20-11-19-15)21(2)10-13-7-3-4-8-14(13)18/h3-9,11H,10H2,1-2H3. The Balaban J connectivity index is 2.02. The monoisotopic (exact) mass is 281 g/mol. The summed E-state index contributed by atoms with van der Waals surface area (Å²) >= 11 is 0. The van der Waals surface area contributed by atoms with Gasteiger partial charge in [0.05, 0.1) is 5.52 Å². The van der Waals surface area contributed by atoms with Crippen LogP contribution in [0, 0.1) is 12.7 Å². The van der Waals surface area contributed by atoms with E-state index in [-0.39, 0.29) is 5.82 Å². The van der Waals surface area contributed by atoms with Crippen molar-refractivity contribution in [2.75, 3.05) is 11.9 Å². The molecule has 1 aromatic heterocycles. The quantitative estimate of drug-likeness (QED) is 0.732. The SMILES string of the molecule is Cc1cccc2ncnc(N(C)Cc3ccccc3F)c12. The molecule has 4 heteroatoms. The van der Waals surface area contributed by atoms with Crippen LogP contribution in [-0.2, 0) is 6.54 Å². The van der Waals surface area contributed by atoms with E-state index in [0.29, 0.717) is 12.1 Å². The molecule has 0 unspecified atom stereocenters. The summed E-state index contributed by atoms with van der Waals surface area (Å²) in [5.74, 6) is 0.626. The van der Waals surface area contributed by atoms with Gasteiger partial charge in [-0.1, -0.05) is 30.3 Å². The lowest BCUT2D eigenvalue weighted by Gasteiger charge is -2.20. The Labute approximate surface area is 123 Å². The zero-order valence-corrected chi connectivity index (χ0v) is 12.0. The van der Waals surface area contributed by atoms with Gasteiger partial charge < -0.3 is 4.90 Å². The smallest absolute Gasteiger partial charge is 0.140 e. The van der Waals surface area contributed by atoms with Gasteiger partial charge in [-0.25, -0.2) is 14.4 Å². The summed E-state index contributed by atoms with van der Waals surface area (Å²) in [6.07, 6.45) is 1.55. The highest BCUT2D eigenvalue weighted by atomic mass is 19.1. The van der Waals surface area contributed by atoms with Gasteiger partial charge in [0, 0.05) is 24.5 Å². The van der Waals surface area contributed by atoms with E-state index >= 15 is 0 Å². The fourth-order valence-electron chi connectivity index (χ4n) is 2.51. The molecule has 0 aliphatic carbocycles. The van der Waals surface area contributed by atoms with Gasteiger partial charge in [-0.15, -0.1) is 0 Å². The van der Waals surface area contributed by atoms with Gasteiger partial charge in [0.15, 0.2) is 0 Å². The van der Waals surface area contributed by atoms with Crippen LogP contribution in [0.4, 0.5) is 10.2 Å². The molecular formula is C17H16FN3. The van der Waals surface area contributed by atoms with Crippen molar-refractivity contribution in [3.63, 3.8) is 0 Å². The maximum Gasteiger partial charge on any atom is 0.140 e. The van der Waals surface area contributed by atoms with Gasteiger partial charge >= 0.3 is 0 Å². The van der Waals surface area contributed by atoms with Crippen LogP contribution in [0.2, 0.25) is 0 Å². The van der Waals surface area contributed by atoms with Crippen molar-refractivity contribution in [2.45, 2.75) is 13.5 Å². The van der Waals surface area contributed by atoms with Crippen LogP contribution in [0.1, 0.15) is 11.1 Å². The van der Waals surface area contributed by atoms with E-state index in [4.69, 9.17) is 0 Å². The first-order valence-corrected chi connectivity index (χ1v) is 6.81. The Morgan fingerprint density at radius 1 is 1.05 bits per heavy atom. The Kier molecular flexibility index (Phi) is 3.52. The number of hydrogen-bond donors (Lipinski definition) is 0. The molecule has 3 nitrogen and oxygen atoms in total. The second-order valence-corrected chi connectivity index (χ2v) is 5.11. The molecule has 1 heterocycles. The molecular weight excluding hydrogens is 265 g/mol. The molecule has 0 amide bonds. The van der Waals surface area contributed by atoms with Crippen molar-refractivity contribution < 1.29 is 4.39 Å². The number of rotatable bonds is 3. The first kappa shape index (κ1) is 13.5. The third kappa shape index (κ3) is 2.57. The number of fused-ring (bicyclic) bond motifs is 1. The van der Waals surface area contributed by atoms with Gasteiger partial charge in [0.2, 0.25) is 0 Å². The van der Waals surface area contributed by atoms with Crippen LogP contribution in [0.3, 0.4) is 0 Å². The predicted octanol–water partition coefficient (Wildman–Crippen LogP) is 3.71. The third-order valence-corrected chi connectivity index (χ3v) is 3.58. The van der Waals surface area contributed by atoms with E-state index < -0.39 is 0 Å². The topological polar surface area (TPSA) is 29.0 Å². The third-order valence-electron chi connectivity index (χ3n) is 3.58. The first-order valence-electron chi connectivity index (χ1n) is 6.81. The molecule has 106 valence electrons. The van der Waals surface area contributed by atoms with E-state index in [2.05, 4.69) is 9.97 Å². The minimum absolute atomic E-state index is 0.195. The van der Waals surface area contributed by atoms with Gasteiger partial charge in [-0.2, -0.15) is 0 Å². The molecule has 0 N–H and O–H groups in total. The lowest BCUT2D eigenvalue weighted by Crippen LogP contribution is -2.19. The lowest BCUT2D eigenvalue weighted by atomic mass is 10.1. The molecule has 0 saturated heterocycles. The molecule has 3 rings (SSSR count). The second-order valence-electron chi connectivity index (χ2n) is 5.11. The highest BCUT2D eigenvalue weighted by Gasteiger charge is 2.12. The molecule has 0 fully saturated rings. The van der Waals surface area contributed by atoms with Crippen LogP contribution >= 0.6 is 0 Å². The number of benzene rings is 2. The summed E-state index contributed by atoms with van der Waals surface area (Å²) in [7, 11) is 1.92. The predicted molar refractivity (Wildman–Crippen MR) is 82.8 cm³/mol. The maximum absolute atomic E-state index is 13.8. The lowest BCUT2D eigenvalue weighted by molar-refractivity contribution is 0.607. The second kappa shape index (κ2) is 5.48. The first-order chi connectivity index (χ1) is 10.2. The van der Waals surface area contributed by atoms with E-state index in [1.54, 1.807) is 18.5 Å². The van der Waals surface area contributed by atoms with Gasteiger partial charge in [-0.3, -0.25) is 0 Å². The summed E-state index contributed by atoms with van der Waals surface area (Å²) in [5, 5.41) is 1.01. The average Bonchev–Trinajstić information content (AvgIpc) is 2.49. The van der Waals surface area contributed by atoms with Crippen molar-refractivity contribution in [2.24, 2.45) is 0 Å². The molecule has 21 heavy (non-hydrogen) atoms. The van der Waals surface area contributed by atoms with E-state index in [1.165, 1.54) is 6.07 Å². The number of halogens is 1. The van der Waals surface area contributed by atoms with Crippen molar-refractivity contribution >= 4 is 16.7 Å². The normalized spacial score (nSPS) is 10.8. The summed E-state index contributed by atoms with van der Waals surface area (Å²) < 4.78 is 13.8. The van der Waals surface area contributed by atoms with Crippen LogP contribution < -0.4 is 4.90 Å². The highest BCUT2D eigenvalue weighted by Crippen LogP contribution is 2.26. The van der Waals surface area contributed by atoms with Gasteiger partial charge in [0.25, 0.3) is 0 Å². The molecule has 0 saturated carbocycles. The molecule has 0 aliphatic rings. The van der Waals surface area contributed by atoms with Crippen LogP contribution in [0.25, 0.3) is 10.9 Å². The van der Waals surface area contributed by atoms with Gasteiger partial charge in [0.1, 0.15) is 18.0 Å². The van der Waals surface area contributed by atoms with E-state index in [1.807, 2.05) is 43.1 Å². The summed E-state index contributed by atoms with van der Waals surface area (Å²) in [5.41, 5.74) is 2.67.